The molecule has 0 spiro atoms. The maximum atomic E-state index is 10.9. The zero-order chi connectivity index (χ0) is 79.7. The molecule has 4 N–H and O–H groups in total. The predicted molar refractivity (Wildman–Crippen MR) is 422 cm³/mol. The minimum atomic E-state index is -0.563. The Hall–Kier alpha value is -12.4. The van der Waals surface area contributed by atoms with Crippen molar-refractivity contribution in [2.45, 2.75) is 47.2 Å². The van der Waals surface area contributed by atoms with Gasteiger partial charge in [0.1, 0.15) is 51.4 Å². The largest absolute Gasteiger partial charge is 0.495 e. The van der Waals surface area contributed by atoms with E-state index < -0.39 is 14.8 Å². The summed E-state index contributed by atoms with van der Waals surface area (Å²) in [5.74, 6) is 1.89. The van der Waals surface area contributed by atoms with E-state index in [1.807, 2.05) is 99.4 Å². The minimum Gasteiger partial charge on any atom is -0.495 e. The van der Waals surface area contributed by atoms with Gasteiger partial charge in [-0.2, -0.15) is 10.2 Å². The number of hydrogen-bond acceptors (Lipinski definition) is 29. The molecule has 10 aromatic carbocycles. The lowest BCUT2D eigenvalue weighted by Gasteiger charge is -2.21. The summed E-state index contributed by atoms with van der Waals surface area (Å²) in [6.07, 6.45) is 0. The molecular weight excluding hydrogens is 1480 g/mol. The fraction of sp³-hybridized carbons (Fsp3) is 0.227. The van der Waals surface area contributed by atoms with Crippen LogP contribution in [0.5, 0.6) is 23.0 Å². The molecule has 0 bridgehead atoms. The van der Waals surface area contributed by atoms with Gasteiger partial charge in [0.25, 0.3) is 17.1 Å². The second-order valence-electron chi connectivity index (χ2n) is 23.3. The highest BCUT2D eigenvalue weighted by Crippen LogP contribution is 2.44. The van der Waals surface area contributed by atoms with E-state index in [9.17, 15) is 50.8 Å². The van der Waals surface area contributed by atoms with Gasteiger partial charge in [0.05, 0.1) is 136 Å². The monoisotopic (exact) mass is 1560 g/mol. The van der Waals surface area contributed by atoms with Crippen LogP contribution in [0.25, 0.3) is 10.8 Å². The Labute approximate surface area is 645 Å². The van der Waals surface area contributed by atoms with Crippen LogP contribution in [0.3, 0.4) is 0 Å². The molecule has 0 aromatic heterocycles. The third-order valence-electron chi connectivity index (χ3n) is 16.6. The van der Waals surface area contributed by atoms with E-state index in [1.165, 1.54) is 74.9 Å². The lowest BCUT2D eigenvalue weighted by atomic mass is 10.1. The zero-order valence-electron chi connectivity index (χ0n) is 61.1. The van der Waals surface area contributed by atoms with Crippen molar-refractivity contribution in [1.29, 1.82) is 0 Å². The molecule has 0 saturated heterocycles. The highest BCUT2D eigenvalue weighted by molar-refractivity contribution is 6.34. The van der Waals surface area contributed by atoms with E-state index >= 15 is 0 Å². The number of halogens is 3. The summed E-state index contributed by atoms with van der Waals surface area (Å²) in [7, 11) is 11.9. The van der Waals surface area contributed by atoms with Crippen LogP contribution in [0.2, 0.25) is 15.1 Å². The van der Waals surface area contributed by atoms with Gasteiger partial charge in [0.2, 0.25) is 0 Å². The van der Waals surface area contributed by atoms with Gasteiger partial charge in [-0.1, -0.05) is 59.1 Å². The first-order chi connectivity index (χ1) is 53.0. The Morgan fingerprint density at radius 1 is 0.336 bits per heavy atom. The normalized spacial score (nSPS) is 11.4. The van der Waals surface area contributed by atoms with Crippen molar-refractivity contribution < 1.29 is 54.1 Å². The van der Waals surface area contributed by atoms with E-state index in [1.54, 1.807) is 62.8 Å². The number of benzene rings is 10. The quantitative estimate of drug-likeness (QED) is 0.0192. The van der Waals surface area contributed by atoms with Gasteiger partial charge in [0, 0.05) is 140 Å². The smallest absolute Gasteiger partial charge is 0.271 e. The van der Waals surface area contributed by atoms with Gasteiger partial charge in [0.15, 0.2) is 0 Å². The average Bonchev–Trinajstić information content (AvgIpc) is 0.809. The number of azo groups is 6. The van der Waals surface area contributed by atoms with Gasteiger partial charge in [-0.25, -0.2) is 0 Å². The van der Waals surface area contributed by atoms with Crippen LogP contribution in [0.1, 0.15) is 43.0 Å². The maximum Gasteiger partial charge on any atom is 0.271 e. The van der Waals surface area contributed by atoms with E-state index in [0.29, 0.717) is 96.4 Å². The number of non-ortho nitro benzene ring substituents is 3. The first-order valence-electron chi connectivity index (χ1n) is 33.3. The van der Waals surface area contributed by atoms with Crippen LogP contribution in [0.15, 0.2) is 225 Å². The number of aliphatic hydroxyl groups is 4. The van der Waals surface area contributed by atoms with Crippen molar-refractivity contribution in [2.24, 2.45) is 61.4 Å². The average molecular weight is 1560 g/mol. The second kappa shape index (κ2) is 40.0. The van der Waals surface area contributed by atoms with E-state index in [-0.39, 0.29) is 75.6 Å². The highest BCUT2D eigenvalue weighted by atomic mass is 35.5. The predicted octanol–water partition coefficient (Wildman–Crippen LogP) is 21.8. The lowest BCUT2D eigenvalue weighted by Crippen LogP contribution is -2.17. The zero-order valence-corrected chi connectivity index (χ0v) is 63.4. The van der Waals surface area contributed by atoms with Crippen molar-refractivity contribution in [3.63, 3.8) is 0 Å². The molecule has 0 amide bonds. The summed E-state index contributed by atoms with van der Waals surface area (Å²) in [5.41, 5.74) is 9.13. The van der Waals surface area contributed by atoms with Gasteiger partial charge in [-0.05, 0) is 99.6 Å². The summed E-state index contributed by atoms with van der Waals surface area (Å²) in [5, 5.41) is 125. The molecular formula is C75H75Cl3N18O14. The molecule has 0 aliphatic carbocycles. The molecule has 0 atom stereocenters. The molecule has 0 saturated carbocycles. The first kappa shape index (κ1) is 83.2. The third kappa shape index (κ3) is 21.2. The maximum absolute atomic E-state index is 10.9. The fourth-order valence-electron chi connectivity index (χ4n) is 10.1. The Balaban J connectivity index is 0.000000208. The molecule has 570 valence electrons. The molecule has 0 aliphatic heterocycles. The van der Waals surface area contributed by atoms with E-state index in [4.69, 9.17) is 53.8 Å². The van der Waals surface area contributed by atoms with Crippen molar-refractivity contribution in [2.75, 3.05) is 83.9 Å². The number of fused-ring (bicyclic) bond motifs is 1. The van der Waals surface area contributed by atoms with E-state index in [2.05, 4.69) is 73.2 Å². The van der Waals surface area contributed by atoms with Crippen molar-refractivity contribution in [3.8, 4) is 23.0 Å². The number of nitro groups is 3. The fourth-order valence-corrected chi connectivity index (χ4v) is 10.8. The molecule has 0 aliphatic rings. The van der Waals surface area contributed by atoms with Gasteiger partial charge in [-0.15, -0.1) is 51.1 Å². The number of nitrogens with zero attached hydrogens (tertiary/aromatic N) is 18. The Morgan fingerprint density at radius 3 is 0.918 bits per heavy atom. The van der Waals surface area contributed by atoms with Crippen LogP contribution in [-0.4, -0.2) is 104 Å². The summed E-state index contributed by atoms with van der Waals surface area (Å²) in [4.78, 5) is 37.2. The van der Waals surface area contributed by atoms with Crippen LogP contribution in [-0.2, 0) is 26.4 Å². The summed E-state index contributed by atoms with van der Waals surface area (Å²) >= 11 is 18.3. The van der Waals surface area contributed by atoms with Gasteiger partial charge < -0.3 is 54.1 Å². The Kier molecular flexibility index (Phi) is 30.2. The van der Waals surface area contributed by atoms with Crippen molar-refractivity contribution in [1.82, 2.24) is 0 Å². The number of rotatable bonds is 29. The molecule has 10 rings (SSSR count). The number of methoxy groups -OCH3 is 4. The standard InChI is InChI=1S/C27H25ClN6O4.C25H27ClN6O6.C23H23ClN6O4/c1-4-33(2)26-13-17(16-35)25(15-27(26)38-3)32-30-23-12-11-22(19-7-5-6-8-20(19)23)29-31-24-10-9-18(34(36)37)14-21(24)28;1-5-31(2)23-9-16(14-34)21(12-25(23)38-4)29-30-22-8-15(13-33)20(11-24(22)37-3)28-27-19-7-6-17(32(35)36)10-18(19)26;1-4-29(2)17-7-5-16(6-8-17)25-28-22-11-15(14-31)21(13-23(22)34-3)27-26-20-10-9-18(30(32)33)12-19(20)24/h5-15,35H,4,16H2,1-3H3;6-12,33-34H,5,13-14H2,1-4H3;5-13,31H,4,14H2,1-3H3. The van der Waals surface area contributed by atoms with Gasteiger partial charge >= 0.3 is 0 Å². The molecule has 0 heterocycles. The number of nitro benzene ring substituents is 3. The molecule has 35 heteroatoms. The number of aliphatic hydroxyl groups excluding tert-OH is 4. The number of ether oxygens (including phenoxy) is 4. The van der Waals surface area contributed by atoms with Crippen molar-refractivity contribution >= 4 is 148 Å². The SMILES string of the molecule is CCN(C)c1cc(CO)c(N=Nc2cc(CO)c(N=Nc3ccc([N+](=O)[O-])cc3Cl)cc2OC)cc1OC.CCN(C)c1cc(CO)c(N=Nc2ccc(N=Nc3ccc([N+](=O)[O-])cc3Cl)c3ccccc23)cc1OC.CCN(C)c1ccc(N=Nc2cc(CO)c(N=Nc3ccc([N+](=O)[O-])cc3Cl)cc2OC)cc1. The molecule has 0 unspecified atom stereocenters. The highest BCUT2D eigenvalue weighted by Gasteiger charge is 2.20. The summed E-state index contributed by atoms with van der Waals surface area (Å²) in [6, 6.07) is 43.7. The summed E-state index contributed by atoms with van der Waals surface area (Å²) in [6.45, 7) is 7.33. The van der Waals surface area contributed by atoms with E-state index in [0.717, 1.165) is 47.5 Å². The second-order valence-corrected chi connectivity index (χ2v) is 24.6. The third-order valence-corrected chi connectivity index (χ3v) is 17.6. The topological polar surface area (TPSA) is 405 Å². The van der Waals surface area contributed by atoms with Crippen LogP contribution < -0.4 is 33.6 Å². The Bertz CT molecular complexity index is 5170. The molecule has 0 fully saturated rings. The lowest BCUT2D eigenvalue weighted by molar-refractivity contribution is -0.385. The van der Waals surface area contributed by atoms with Crippen molar-refractivity contribution in [3.05, 3.63) is 231 Å². The Morgan fingerprint density at radius 2 is 0.618 bits per heavy atom. The molecule has 110 heavy (non-hydrogen) atoms. The first-order valence-corrected chi connectivity index (χ1v) is 34.5. The molecule has 0 radical (unpaired) electrons. The van der Waals surface area contributed by atoms with Gasteiger partial charge in [-0.3, -0.25) is 30.3 Å². The number of hydrogen-bond donors (Lipinski definition) is 4. The molecule has 10 aromatic rings. The van der Waals surface area contributed by atoms with Crippen LogP contribution >= 0.6 is 34.8 Å². The van der Waals surface area contributed by atoms with Crippen LogP contribution in [0, 0.1) is 30.3 Å². The molecule has 32 nitrogen and oxygen atoms in total. The number of anilines is 3. The summed E-state index contributed by atoms with van der Waals surface area (Å²) < 4.78 is 21.9. The minimum absolute atomic E-state index is 0.0529. The van der Waals surface area contributed by atoms with Crippen LogP contribution in [0.4, 0.5) is 102 Å².